The summed E-state index contributed by atoms with van der Waals surface area (Å²) < 4.78 is 5.71. The molecule has 40 heavy (non-hydrogen) atoms. The van der Waals surface area contributed by atoms with E-state index in [0.717, 1.165) is 50.8 Å². The van der Waals surface area contributed by atoms with Gasteiger partial charge in [0.25, 0.3) is 0 Å². The van der Waals surface area contributed by atoms with Gasteiger partial charge in [0.1, 0.15) is 0 Å². The van der Waals surface area contributed by atoms with E-state index in [1.54, 1.807) is 6.20 Å². The largest absolute Gasteiger partial charge is 0.443 e. The minimum atomic E-state index is -0.112. The lowest BCUT2D eigenvalue weighted by Crippen LogP contribution is -2.29. The number of allylic oxidation sites excluding steroid dienone is 1. The maximum absolute atomic E-state index is 13.9. The highest BCUT2D eigenvalue weighted by molar-refractivity contribution is 6.00. The van der Waals surface area contributed by atoms with Crippen LogP contribution in [-0.2, 0) is 6.42 Å². The maximum atomic E-state index is 13.9. The van der Waals surface area contributed by atoms with Crippen LogP contribution in [-0.4, -0.2) is 23.9 Å². The van der Waals surface area contributed by atoms with Crippen molar-refractivity contribution in [3.05, 3.63) is 120 Å². The van der Waals surface area contributed by atoms with Crippen molar-refractivity contribution in [2.24, 2.45) is 11.7 Å². The van der Waals surface area contributed by atoms with Crippen LogP contribution in [0.25, 0.3) is 22.5 Å². The molecule has 1 aliphatic heterocycles. The molecule has 5 nitrogen and oxygen atoms in total. The fraction of sp³-hybridized carbons (Fsp3) is 0.257. The zero-order valence-corrected chi connectivity index (χ0v) is 23.1. The smallest absolute Gasteiger partial charge is 0.188 e. The number of oxazole rings is 1. The van der Waals surface area contributed by atoms with Gasteiger partial charge in [0.15, 0.2) is 23.6 Å². The van der Waals surface area contributed by atoms with Gasteiger partial charge in [-0.1, -0.05) is 79.2 Å². The third-order valence-electron chi connectivity index (χ3n) is 7.78. The van der Waals surface area contributed by atoms with Gasteiger partial charge in [0.2, 0.25) is 0 Å². The van der Waals surface area contributed by atoms with Gasteiger partial charge < -0.3 is 15.1 Å². The number of rotatable bonds is 7. The Labute approximate surface area is 237 Å². The Kier molecular flexibility index (Phi) is 8.92. The minimum Gasteiger partial charge on any atom is -0.443 e. The highest BCUT2D eigenvalue weighted by Gasteiger charge is 2.27. The Bertz CT molecular complexity index is 1470. The molecule has 0 aliphatic carbocycles. The number of ketones is 1. The summed E-state index contributed by atoms with van der Waals surface area (Å²) in [5, 5.41) is 0. The molecule has 1 aromatic heterocycles. The molecule has 2 N–H and O–H groups in total. The van der Waals surface area contributed by atoms with Gasteiger partial charge in [-0.25, -0.2) is 4.98 Å². The van der Waals surface area contributed by atoms with Crippen LogP contribution in [0, 0.1) is 5.92 Å². The first kappa shape index (κ1) is 27.2. The van der Waals surface area contributed by atoms with Gasteiger partial charge in [-0.3, -0.25) is 4.79 Å². The molecule has 0 bridgehead atoms. The van der Waals surface area contributed by atoms with Gasteiger partial charge in [0.05, 0.1) is 0 Å². The Morgan fingerprint density at radius 2 is 1.73 bits per heavy atom. The van der Waals surface area contributed by atoms with Crippen molar-refractivity contribution < 1.29 is 9.21 Å². The number of nitrogens with zero attached hydrogens (tertiary/aromatic N) is 2. The molecule has 0 radical (unpaired) electrons. The topological polar surface area (TPSA) is 72.4 Å². The summed E-state index contributed by atoms with van der Waals surface area (Å²) in [4.78, 5) is 20.7. The molecule has 0 amide bonds. The number of nitrogens with two attached hydrogens (primary N) is 1. The second-order valence-corrected chi connectivity index (χ2v) is 10.3. The summed E-state index contributed by atoms with van der Waals surface area (Å²) >= 11 is 0. The lowest BCUT2D eigenvalue weighted by Gasteiger charge is -2.30. The van der Waals surface area contributed by atoms with Gasteiger partial charge in [0, 0.05) is 30.3 Å². The fourth-order valence-electron chi connectivity index (χ4n) is 5.61. The number of anilines is 1. The van der Waals surface area contributed by atoms with E-state index < -0.39 is 0 Å². The third kappa shape index (κ3) is 6.26. The Hall–Kier alpha value is -4.38. The summed E-state index contributed by atoms with van der Waals surface area (Å²) in [7, 11) is 0. The summed E-state index contributed by atoms with van der Waals surface area (Å²) in [6, 6.07) is 27.0. The van der Waals surface area contributed by atoms with E-state index in [4.69, 9.17) is 10.2 Å². The quantitative estimate of drug-likeness (QED) is 0.194. The van der Waals surface area contributed by atoms with Crippen molar-refractivity contribution in [3.63, 3.8) is 0 Å². The van der Waals surface area contributed by atoms with Crippen molar-refractivity contribution in [3.8, 4) is 22.5 Å². The normalized spacial score (nSPS) is 16.6. The number of hydrogen-bond donors (Lipinski definition) is 1. The highest BCUT2D eigenvalue weighted by Crippen LogP contribution is 2.34. The van der Waals surface area contributed by atoms with E-state index in [9.17, 15) is 4.79 Å². The average Bonchev–Trinajstić information content (AvgIpc) is 3.50. The summed E-state index contributed by atoms with van der Waals surface area (Å²) in [6.45, 7) is 3.76. The monoisotopic (exact) mass is 531 g/mol. The van der Waals surface area contributed by atoms with Crippen LogP contribution < -0.4 is 10.6 Å². The Balaban J connectivity index is 1.47. The van der Waals surface area contributed by atoms with Crippen molar-refractivity contribution in [1.29, 1.82) is 0 Å². The van der Waals surface area contributed by atoms with E-state index in [1.165, 1.54) is 34.3 Å². The van der Waals surface area contributed by atoms with Gasteiger partial charge in [-0.05, 0) is 79.3 Å². The number of fused-ring (bicyclic) bond motifs is 1. The number of aromatic nitrogens is 1. The number of benzene rings is 3. The molecule has 3 aromatic carbocycles. The van der Waals surface area contributed by atoms with Crippen LogP contribution in [0.5, 0.6) is 0 Å². The van der Waals surface area contributed by atoms with Crippen LogP contribution in [0.3, 0.4) is 0 Å². The van der Waals surface area contributed by atoms with Gasteiger partial charge in [-0.2, -0.15) is 0 Å². The predicted molar refractivity (Wildman–Crippen MR) is 163 cm³/mol. The second kappa shape index (κ2) is 13.1. The van der Waals surface area contributed by atoms with Crippen molar-refractivity contribution in [1.82, 2.24) is 4.98 Å². The lowest BCUT2D eigenvalue weighted by atomic mass is 9.86. The minimum absolute atomic E-state index is 0.0788. The predicted octanol–water partition coefficient (Wildman–Crippen LogP) is 7.85. The van der Waals surface area contributed by atoms with Crippen LogP contribution in [0.2, 0.25) is 0 Å². The lowest BCUT2D eigenvalue weighted by molar-refractivity contribution is 0.0900. The zero-order valence-electron chi connectivity index (χ0n) is 23.1. The molecular formula is C35H37N3O2. The molecule has 0 spiro atoms. The summed E-state index contributed by atoms with van der Waals surface area (Å²) in [5.74, 6) is 0.529. The maximum Gasteiger partial charge on any atom is 0.188 e. The first-order valence-electron chi connectivity index (χ1n) is 14.2. The number of carbonyl (C=O) groups excluding carboxylic acids is 1. The second-order valence-electron chi connectivity index (χ2n) is 10.3. The number of carbonyl (C=O) groups is 1. The molecule has 1 unspecified atom stereocenters. The number of aryl methyl sites for hydroxylation is 1. The Morgan fingerprint density at radius 3 is 2.45 bits per heavy atom. The van der Waals surface area contributed by atoms with Crippen molar-refractivity contribution >= 4 is 11.5 Å². The van der Waals surface area contributed by atoms with Gasteiger partial charge >= 0.3 is 0 Å². The standard InChI is InChI=1S/C35H37N3O2/c1-2-26(20-21-36)24-38-22-10-9-13-28(34(39)33-35(40-25-37-33)29-14-7-4-8-15-29)16-17-31-23-30(18-19-32(31)38)27-11-5-3-6-12-27/h2-8,11-12,14-15,18-21,23,25,28H,9-10,13,16-17,22,24,36H2,1H3/b21-20-,26-2+. The fourth-order valence-corrected chi connectivity index (χ4v) is 5.61. The summed E-state index contributed by atoms with van der Waals surface area (Å²) in [5.41, 5.74) is 13.1. The molecule has 204 valence electrons. The molecule has 0 fully saturated rings. The first-order chi connectivity index (χ1) is 19.7. The van der Waals surface area contributed by atoms with Crippen LogP contribution in [0.15, 0.2) is 114 Å². The molecule has 1 aliphatic rings. The highest BCUT2D eigenvalue weighted by atomic mass is 16.3. The third-order valence-corrected chi connectivity index (χ3v) is 7.78. The molecule has 5 rings (SSSR count). The van der Waals surface area contributed by atoms with E-state index in [2.05, 4.69) is 65.3 Å². The zero-order chi connectivity index (χ0) is 27.7. The van der Waals surface area contributed by atoms with Crippen LogP contribution in [0.4, 0.5) is 5.69 Å². The first-order valence-corrected chi connectivity index (χ1v) is 14.2. The molecule has 1 atom stereocenters. The Morgan fingerprint density at radius 1 is 0.975 bits per heavy atom. The van der Waals surface area contributed by atoms with Crippen LogP contribution in [0.1, 0.15) is 48.7 Å². The van der Waals surface area contributed by atoms with Crippen LogP contribution >= 0.6 is 0 Å². The number of hydrogen-bond acceptors (Lipinski definition) is 5. The average molecular weight is 532 g/mol. The molecule has 2 heterocycles. The van der Waals surface area contributed by atoms with E-state index in [0.29, 0.717) is 11.5 Å². The molecule has 0 saturated heterocycles. The SMILES string of the molecule is C/C=C(\C=C/N)CN1CCCCC(C(=O)c2ncoc2-c2ccccc2)CCc2cc(-c3ccccc3)ccc21. The molecular weight excluding hydrogens is 494 g/mol. The number of Topliss-reactive ketones (excluding diaryl/α,β-unsaturated/α-hetero) is 1. The van der Waals surface area contributed by atoms with E-state index in [-0.39, 0.29) is 11.7 Å². The molecule has 4 aromatic rings. The summed E-state index contributed by atoms with van der Waals surface area (Å²) in [6.07, 6.45) is 11.5. The van der Waals surface area contributed by atoms with Crippen molar-refractivity contribution in [2.45, 2.75) is 39.0 Å². The van der Waals surface area contributed by atoms with Crippen molar-refractivity contribution in [2.75, 3.05) is 18.0 Å². The molecule has 0 saturated carbocycles. The molecule has 5 heteroatoms. The van der Waals surface area contributed by atoms with E-state index >= 15 is 0 Å². The van der Waals surface area contributed by atoms with E-state index in [1.807, 2.05) is 42.5 Å². The van der Waals surface area contributed by atoms with Gasteiger partial charge in [-0.15, -0.1) is 0 Å².